The zero-order valence-electron chi connectivity index (χ0n) is 6.10. The van der Waals surface area contributed by atoms with Gasteiger partial charge in [0.1, 0.15) is 0 Å². The van der Waals surface area contributed by atoms with Crippen molar-refractivity contribution in [3.05, 3.63) is 26.6 Å². The Morgan fingerprint density at radius 1 is 1.17 bits per heavy atom. The Labute approximate surface area is 95.1 Å². The van der Waals surface area contributed by atoms with Gasteiger partial charge in [0.2, 0.25) is 0 Å². The van der Waals surface area contributed by atoms with Crippen LogP contribution in [0, 0.1) is 0 Å². The Kier molecular flexibility index (Phi) is 3.81. The molecule has 0 spiro atoms. The molecule has 0 amide bonds. The summed E-state index contributed by atoms with van der Waals surface area (Å²) in [5.74, 6) is 0. The molecule has 0 aromatic carbocycles. The molecule has 0 saturated carbocycles. The van der Waals surface area contributed by atoms with Gasteiger partial charge in [-0.2, -0.15) is 0 Å². The zero-order chi connectivity index (χ0) is 8.39. The van der Waals surface area contributed by atoms with Gasteiger partial charge in [-0.05, 0) is 0 Å². The molecular formula is C7H7OSe4. The fourth-order valence-electron chi connectivity index (χ4n) is 0.840. The first-order chi connectivity index (χ1) is 5.92. The van der Waals surface area contributed by atoms with Crippen molar-refractivity contribution < 1.29 is 5.11 Å². The van der Waals surface area contributed by atoms with E-state index in [9.17, 15) is 5.11 Å². The summed E-state index contributed by atoms with van der Waals surface area (Å²) in [6.45, 7) is 0. The number of aliphatic hydroxyl groups excluding tert-OH is 1. The van der Waals surface area contributed by atoms with Crippen molar-refractivity contribution in [2.45, 2.75) is 0 Å². The van der Waals surface area contributed by atoms with E-state index in [4.69, 9.17) is 0 Å². The molecule has 0 aromatic heterocycles. The molecule has 12 heavy (non-hydrogen) atoms. The van der Waals surface area contributed by atoms with Crippen molar-refractivity contribution in [3.63, 3.8) is 0 Å². The normalized spacial score (nSPS) is 23.1. The van der Waals surface area contributed by atoms with E-state index in [1.54, 1.807) is 6.74 Å². The maximum atomic E-state index is 9.17. The quantitative estimate of drug-likeness (QED) is 0.559. The van der Waals surface area contributed by atoms with Crippen molar-refractivity contribution in [2.75, 3.05) is 5.51 Å². The van der Waals surface area contributed by atoms with Gasteiger partial charge in [-0.1, -0.05) is 0 Å². The molecule has 0 unspecified atom stereocenters. The predicted octanol–water partition coefficient (Wildman–Crippen LogP) is -0.615. The van der Waals surface area contributed by atoms with Gasteiger partial charge in [0.25, 0.3) is 0 Å². The van der Waals surface area contributed by atoms with E-state index in [1.807, 2.05) is 0 Å². The maximum absolute atomic E-state index is 9.17. The number of hydrogen-bond acceptors (Lipinski definition) is 1. The van der Waals surface area contributed by atoms with E-state index in [1.165, 1.54) is 0 Å². The second kappa shape index (κ2) is 4.66. The summed E-state index contributed by atoms with van der Waals surface area (Å²) in [5, 5.41) is 9.17. The molecule has 2 rings (SSSR count). The standard InChI is InChI=1S/C7H7OSe4/c8-5-12-4-3-11-7(12)6-9-1-2-10-6/h1-4,8H,5H2. The molecule has 5 heteroatoms. The molecule has 0 atom stereocenters. The molecular weight excluding hydrogens is 416 g/mol. The first-order valence-electron chi connectivity index (χ1n) is 3.28. The van der Waals surface area contributed by atoms with E-state index >= 15 is 0 Å². The Morgan fingerprint density at radius 2 is 1.92 bits per heavy atom. The molecule has 1 N–H and O–H groups in total. The van der Waals surface area contributed by atoms with E-state index in [2.05, 4.69) is 19.9 Å². The van der Waals surface area contributed by atoms with Crippen LogP contribution in [0.5, 0.6) is 0 Å². The van der Waals surface area contributed by atoms with Gasteiger partial charge in [-0.3, -0.25) is 0 Å². The molecule has 0 saturated heterocycles. The van der Waals surface area contributed by atoms with Crippen LogP contribution in [0.15, 0.2) is 26.6 Å². The van der Waals surface area contributed by atoms with E-state index in [-0.39, 0.29) is 0 Å². The van der Waals surface area contributed by atoms with E-state index < -0.39 is 13.9 Å². The van der Waals surface area contributed by atoms with Gasteiger partial charge >= 0.3 is 96.0 Å². The van der Waals surface area contributed by atoms with Crippen molar-refractivity contribution in [1.82, 2.24) is 0 Å². The molecule has 0 bridgehead atoms. The summed E-state index contributed by atoms with van der Waals surface area (Å²) in [4.78, 5) is 9.28. The average molecular weight is 423 g/mol. The average Bonchev–Trinajstić information content (AvgIpc) is 2.74. The first kappa shape index (κ1) is 9.80. The number of aliphatic hydroxyl groups is 1. The number of rotatable bonds is 1. The van der Waals surface area contributed by atoms with Crippen LogP contribution in [0.3, 0.4) is 0 Å². The Hall–Kier alpha value is 1.26. The topological polar surface area (TPSA) is 20.2 Å². The third kappa shape index (κ3) is 2.01. The van der Waals surface area contributed by atoms with Crippen LogP contribution in [-0.2, 0) is 0 Å². The minimum absolute atomic E-state index is 0.434. The third-order valence-corrected chi connectivity index (χ3v) is 18.5. The molecule has 0 aromatic rings. The van der Waals surface area contributed by atoms with Gasteiger partial charge in [0.15, 0.2) is 0 Å². The van der Waals surface area contributed by atoms with Crippen molar-refractivity contribution >= 4 is 58.8 Å². The number of hydrogen-bond donors (Lipinski definition) is 1. The third-order valence-electron chi connectivity index (χ3n) is 1.34. The molecule has 2 heterocycles. The summed E-state index contributed by atoms with van der Waals surface area (Å²) in [6, 6.07) is 0. The van der Waals surface area contributed by atoms with Crippen molar-refractivity contribution in [3.8, 4) is 0 Å². The monoisotopic (exact) mass is 427 g/mol. The van der Waals surface area contributed by atoms with Crippen LogP contribution >= 0.6 is 0 Å². The molecule has 2 aliphatic heterocycles. The van der Waals surface area contributed by atoms with Crippen molar-refractivity contribution in [1.29, 1.82) is 0 Å². The van der Waals surface area contributed by atoms with E-state index in [0.717, 1.165) is 0 Å². The van der Waals surface area contributed by atoms with Gasteiger partial charge < -0.3 is 0 Å². The Balaban J connectivity index is 2.18. The second-order valence-electron chi connectivity index (χ2n) is 2.03. The molecule has 0 aliphatic carbocycles. The van der Waals surface area contributed by atoms with Gasteiger partial charge in [0.05, 0.1) is 0 Å². The summed E-state index contributed by atoms with van der Waals surface area (Å²) in [6.07, 6.45) is 0. The van der Waals surface area contributed by atoms with Crippen LogP contribution < -0.4 is 0 Å². The van der Waals surface area contributed by atoms with Gasteiger partial charge in [0, 0.05) is 0 Å². The fraction of sp³-hybridized carbons (Fsp3) is 0.143. The molecule has 0 fully saturated rings. The summed E-state index contributed by atoms with van der Waals surface area (Å²) in [5.41, 5.74) is 0.434. The van der Waals surface area contributed by atoms with Crippen LogP contribution in [0.1, 0.15) is 0 Å². The molecule has 65 valence electrons. The van der Waals surface area contributed by atoms with Crippen molar-refractivity contribution in [2.24, 2.45) is 0 Å². The first-order valence-corrected chi connectivity index (χ1v) is 11.9. The van der Waals surface area contributed by atoms with Gasteiger partial charge in [-0.25, -0.2) is 0 Å². The Morgan fingerprint density at radius 3 is 2.58 bits per heavy atom. The molecule has 1 nitrogen and oxygen atoms in total. The van der Waals surface area contributed by atoms with E-state index in [0.29, 0.717) is 50.4 Å². The summed E-state index contributed by atoms with van der Waals surface area (Å²) >= 11 is 1.09. The summed E-state index contributed by atoms with van der Waals surface area (Å²) < 4.78 is 3.44. The van der Waals surface area contributed by atoms with Crippen LogP contribution in [0.2, 0.25) is 0 Å². The molecule has 2 aliphatic rings. The molecule has 1 radical (unpaired) electrons. The fourth-order valence-corrected chi connectivity index (χ4v) is 18.1. The SMILES string of the molecule is OC[Se]1C=C[Se]C1=C1[Se]C=C[Se]1. The van der Waals surface area contributed by atoms with Gasteiger partial charge in [-0.15, -0.1) is 0 Å². The van der Waals surface area contributed by atoms with Crippen LogP contribution in [0.4, 0.5) is 0 Å². The zero-order valence-corrected chi connectivity index (χ0v) is 12.9. The van der Waals surface area contributed by atoms with Crippen LogP contribution in [0.25, 0.3) is 0 Å². The summed E-state index contributed by atoms with van der Waals surface area (Å²) in [7, 11) is 0. The predicted molar refractivity (Wildman–Crippen MR) is 55.4 cm³/mol. The second-order valence-corrected chi connectivity index (χ2v) is 14.2. The Bertz CT molecular complexity index is 259. The van der Waals surface area contributed by atoms with Crippen LogP contribution in [-0.4, -0.2) is 69.4 Å². The minimum atomic E-state index is -0.821.